The van der Waals surface area contributed by atoms with Crippen LogP contribution in [0.2, 0.25) is 0 Å². The van der Waals surface area contributed by atoms with Crippen LogP contribution < -0.4 is 4.74 Å². The Labute approximate surface area is 119 Å². The van der Waals surface area contributed by atoms with E-state index in [1.165, 1.54) is 27.7 Å². The second-order valence-electron chi connectivity index (χ2n) is 4.55. The molecule has 4 heteroatoms. The van der Waals surface area contributed by atoms with E-state index in [2.05, 4.69) is 52.1 Å². The zero-order valence-electron chi connectivity index (χ0n) is 10.5. The Morgan fingerprint density at radius 3 is 2.30 bits per heavy atom. The van der Waals surface area contributed by atoms with Crippen LogP contribution in [-0.4, -0.2) is 9.59 Å². The number of benzene rings is 3. The average molecular weight is 278 g/mol. The van der Waals surface area contributed by atoms with Crippen LogP contribution in [0, 0.1) is 0 Å². The number of hydrogen-bond donors (Lipinski definition) is 0. The quantitative estimate of drug-likeness (QED) is 0.501. The summed E-state index contributed by atoms with van der Waals surface area (Å²) in [5.41, 5.74) is 0. The second-order valence-corrected chi connectivity index (χ2v) is 5.16. The van der Waals surface area contributed by atoms with Gasteiger partial charge in [0, 0.05) is 0 Å². The molecule has 0 N–H and O–H groups in total. The molecule has 0 aliphatic carbocycles. The minimum atomic E-state index is 0.537. The van der Waals surface area contributed by atoms with Crippen molar-refractivity contribution in [3.8, 4) is 11.6 Å². The highest BCUT2D eigenvalue weighted by Crippen LogP contribution is 2.28. The molecular formula is C16H10N2OS. The topological polar surface area (TPSA) is 35.0 Å². The molecule has 0 amide bonds. The van der Waals surface area contributed by atoms with Crippen molar-refractivity contribution >= 4 is 33.1 Å². The van der Waals surface area contributed by atoms with Crippen molar-refractivity contribution in [3.05, 3.63) is 60.0 Å². The summed E-state index contributed by atoms with van der Waals surface area (Å²) >= 11 is 1.28. The van der Waals surface area contributed by atoms with Gasteiger partial charge in [-0.3, -0.25) is 0 Å². The van der Waals surface area contributed by atoms with Gasteiger partial charge < -0.3 is 4.74 Å². The van der Waals surface area contributed by atoms with Crippen LogP contribution in [0.15, 0.2) is 60.0 Å². The van der Waals surface area contributed by atoms with Crippen LogP contribution in [-0.2, 0) is 0 Å². The van der Waals surface area contributed by atoms with Crippen molar-refractivity contribution in [2.24, 2.45) is 0 Å². The lowest BCUT2D eigenvalue weighted by atomic mass is 10.0. The van der Waals surface area contributed by atoms with Crippen molar-refractivity contribution < 1.29 is 4.74 Å². The summed E-state index contributed by atoms with van der Waals surface area (Å²) in [4.78, 5) is 0. The number of nitrogens with zero attached hydrogens (tertiary/aromatic N) is 2. The third kappa shape index (κ3) is 2.00. The van der Waals surface area contributed by atoms with Crippen LogP contribution in [0.5, 0.6) is 11.6 Å². The zero-order valence-corrected chi connectivity index (χ0v) is 11.3. The lowest BCUT2D eigenvalue weighted by molar-refractivity contribution is 0.462. The first-order valence-electron chi connectivity index (χ1n) is 6.26. The van der Waals surface area contributed by atoms with Crippen molar-refractivity contribution in [1.29, 1.82) is 0 Å². The number of hydrogen-bond acceptors (Lipinski definition) is 4. The highest BCUT2D eigenvalue weighted by atomic mass is 32.1. The van der Waals surface area contributed by atoms with E-state index in [9.17, 15) is 0 Å². The molecule has 0 spiro atoms. The molecule has 0 aliphatic heterocycles. The lowest BCUT2D eigenvalue weighted by Gasteiger charge is -2.05. The molecule has 0 bridgehead atoms. The Hall–Kier alpha value is -2.46. The van der Waals surface area contributed by atoms with E-state index in [0.29, 0.717) is 5.88 Å². The molecular weight excluding hydrogens is 268 g/mol. The number of rotatable bonds is 2. The summed E-state index contributed by atoms with van der Waals surface area (Å²) in [5, 5.41) is 10.5. The maximum absolute atomic E-state index is 5.68. The number of aromatic nitrogens is 2. The Morgan fingerprint density at radius 1 is 0.800 bits per heavy atom. The van der Waals surface area contributed by atoms with Crippen molar-refractivity contribution in [3.63, 3.8) is 0 Å². The van der Waals surface area contributed by atoms with Crippen molar-refractivity contribution in [1.82, 2.24) is 9.59 Å². The van der Waals surface area contributed by atoms with Gasteiger partial charge in [0.25, 0.3) is 5.88 Å². The van der Waals surface area contributed by atoms with Gasteiger partial charge in [-0.25, -0.2) is 0 Å². The minimum Gasteiger partial charge on any atom is -0.437 e. The fourth-order valence-electron chi connectivity index (χ4n) is 2.30. The lowest BCUT2D eigenvalue weighted by Crippen LogP contribution is -1.85. The molecule has 0 fully saturated rings. The molecule has 1 aromatic heterocycles. The maximum atomic E-state index is 5.68. The van der Waals surface area contributed by atoms with E-state index >= 15 is 0 Å². The first-order valence-corrected chi connectivity index (χ1v) is 7.10. The van der Waals surface area contributed by atoms with E-state index in [4.69, 9.17) is 4.74 Å². The van der Waals surface area contributed by atoms with Crippen LogP contribution in [0.1, 0.15) is 0 Å². The van der Waals surface area contributed by atoms with Crippen LogP contribution in [0.4, 0.5) is 0 Å². The van der Waals surface area contributed by atoms with E-state index < -0.39 is 0 Å². The Bertz CT molecular complexity index is 887. The van der Waals surface area contributed by atoms with Gasteiger partial charge in [-0.1, -0.05) is 39.9 Å². The SMILES string of the molecule is c1ccc2cc3cc(Oc4csnn4)ccc3cc2c1. The Morgan fingerprint density at radius 2 is 1.55 bits per heavy atom. The third-order valence-corrected chi connectivity index (χ3v) is 3.72. The molecule has 96 valence electrons. The van der Waals surface area contributed by atoms with Gasteiger partial charge in [0.15, 0.2) is 0 Å². The van der Waals surface area contributed by atoms with Gasteiger partial charge in [0.2, 0.25) is 0 Å². The average Bonchev–Trinajstić information content (AvgIpc) is 2.98. The predicted molar refractivity (Wildman–Crippen MR) is 81.4 cm³/mol. The molecule has 3 nitrogen and oxygen atoms in total. The predicted octanol–water partition coefficient (Wildman–Crippen LogP) is 4.64. The fraction of sp³-hybridized carbons (Fsp3) is 0. The van der Waals surface area contributed by atoms with Crippen LogP contribution in [0.25, 0.3) is 21.5 Å². The molecule has 3 aromatic carbocycles. The molecule has 4 aromatic rings. The van der Waals surface area contributed by atoms with Gasteiger partial charge in [0.05, 0.1) is 5.38 Å². The highest BCUT2D eigenvalue weighted by Gasteiger charge is 2.03. The van der Waals surface area contributed by atoms with E-state index in [1.54, 1.807) is 5.38 Å². The third-order valence-electron chi connectivity index (χ3n) is 3.24. The van der Waals surface area contributed by atoms with E-state index in [0.717, 1.165) is 11.1 Å². The van der Waals surface area contributed by atoms with E-state index in [-0.39, 0.29) is 0 Å². The standard InChI is InChI=1S/C16H10N2OS/c1-2-4-12-8-14-9-15(19-16-10-20-18-17-16)6-5-13(14)7-11(12)3-1/h1-10H. The first kappa shape index (κ1) is 11.4. The van der Waals surface area contributed by atoms with Crippen molar-refractivity contribution in [2.45, 2.75) is 0 Å². The minimum absolute atomic E-state index is 0.537. The van der Waals surface area contributed by atoms with Gasteiger partial charge in [-0.15, -0.1) is 0 Å². The summed E-state index contributed by atoms with van der Waals surface area (Å²) in [6.45, 7) is 0. The largest absolute Gasteiger partial charge is 0.437 e. The molecule has 0 aliphatic rings. The Kier molecular flexibility index (Phi) is 2.60. The molecule has 4 rings (SSSR count). The summed E-state index contributed by atoms with van der Waals surface area (Å²) in [6, 6.07) is 18.8. The fourth-order valence-corrected chi connectivity index (χ4v) is 2.66. The molecule has 0 saturated carbocycles. The summed E-state index contributed by atoms with van der Waals surface area (Å²) in [6.07, 6.45) is 0. The summed E-state index contributed by atoms with van der Waals surface area (Å²) in [5.74, 6) is 1.32. The molecule has 1 heterocycles. The molecule has 0 unspecified atom stereocenters. The zero-order chi connectivity index (χ0) is 13.4. The number of ether oxygens (including phenoxy) is 1. The molecule has 0 atom stereocenters. The normalized spacial score (nSPS) is 11.0. The smallest absolute Gasteiger partial charge is 0.251 e. The first-order chi connectivity index (χ1) is 9.88. The Balaban J connectivity index is 1.83. The summed E-state index contributed by atoms with van der Waals surface area (Å²) in [7, 11) is 0. The van der Waals surface area contributed by atoms with Crippen LogP contribution in [0.3, 0.4) is 0 Å². The van der Waals surface area contributed by atoms with Gasteiger partial charge in [-0.2, -0.15) is 0 Å². The van der Waals surface area contributed by atoms with E-state index in [1.807, 2.05) is 12.1 Å². The highest BCUT2D eigenvalue weighted by molar-refractivity contribution is 7.03. The summed E-state index contributed by atoms with van der Waals surface area (Å²) < 4.78 is 9.46. The molecule has 0 saturated heterocycles. The second kappa shape index (κ2) is 4.58. The van der Waals surface area contributed by atoms with Crippen molar-refractivity contribution in [2.75, 3.05) is 0 Å². The molecule has 20 heavy (non-hydrogen) atoms. The van der Waals surface area contributed by atoms with Gasteiger partial charge in [0.1, 0.15) is 5.75 Å². The monoisotopic (exact) mass is 278 g/mol. The molecule has 0 radical (unpaired) electrons. The van der Waals surface area contributed by atoms with Gasteiger partial charge in [-0.05, 0) is 57.3 Å². The number of fused-ring (bicyclic) bond motifs is 2. The van der Waals surface area contributed by atoms with Crippen LogP contribution >= 0.6 is 11.5 Å². The maximum Gasteiger partial charge on any atom is 0.251 e. The van der Waals surface area contributed by atoms with Gasteiger partial charge >= 0.3 is 0 Å².